The van der Waals surface area contributed by atoms with E-state index in [1.165, 1.54) is 24.3 Å². The zero-order valence-corrected chi connectivity index (χ0v) is 17.0. The molecule has 3 heterocycles. The number of nitrogens with zero attached hydrogens (tertiary/aromatic N) is 4. The van der Waals surface area contributed by atoms with E-state index in [1.807, 2.05) is 15.6 Å². The highest BCUT2D eigenvalue weighted by atomic mass is 16.7. The number of carbonyl (C=O) groups excluding carboxylic acids is 2. The second-order valence-electron chi connectivity index (χ2n) is 10.1. The molecular weight excluding hydrogens is 368 g/mol. The summed E-state index contributed by atoms with van der Waals surface area (Å²) in [6.07, 6.45) is 10.8. The van der Waals surface area contributed by atoms with Gasteiger partial charge < -0.3 is 4.90 Å². The maximum atomic E-state index is 13.9. The maximum absolute atomic E-state index is 13.9. The second kappa shape index (κ2) is 6.56. The van der Waals surface area contributed by atoms with Crippen LogP contribution in [0.25, 0.3) is 0 Å². The van der Waals surface area contributed by atoms with Gasteiger partial charge in [-0.05, 0) is 75.2 Å². The standard InChI is InChI=1S/C22H30N4O3/c27-20(25-5-1-2-6-29-25)19-14-24(13-18-3-4-23-26(18)19)21(28)22-10-15-7-16(11-22)9-17(8-15)12-22/h3-4,15-17,19H,1-2,5-14H2. The highest BCUT2D eigenvalue weighted by Crippen LogP contribution is 2.60. The minimum atomic E-state index is -0.482. The first kappa shape index (κ1) is 17.9. The first-order valence-electron chi connectivity index (χ1n) is 11.4. The molecule has 2 aliphatic heterocycles. The third kappa shape index (κ3) is 2.84. The molecule has 4 bridgehead atoms. The first-order valence-corrected chi connectivity index (χ1v) is 11.4. The smallest absolute Gasteiger partial charge is 0.272 e. The van der Waals surface area contributed by atoms with Crippen LogP contribution < -0.4 is 0 Å². The summed E-state index contributed by atoms with van der Waals surface area (Å²) in [5.41, 5.74) is 0.774. The molecule has 0 N–H and O–H groups in total. The van der Waals surface area contributed by atoms with E-state index >= 15 is 0 Å². The van der Waals surface area contributed by atoms with Crippen molar-refractivity contribution in [3.8, 4) is 0 Å². The number of amides is 2. The fourth-order valence-corrected chi connectivity index (χ4v) is 7.28. The quantitative estimate of drug-likeness (QED) is 0.768. The number of hydrogen-bond acceptors (Lipinski definition) is 4. The number of hydrogen-bond donors (Lipinski definition) is 0. The van der Waals surface area contributed by atoms with E-state index in [0.29, 0.717) is 32.1 Å². The number of aromatic nitrogens is 2. The molecule has 1 aromatic rings. The Morgan fingerprint density at radius 3 is 2.45 bits per heavy atom. The van der Waals surface area contributed by atoms with Crippen LogP contribution in [0.3, 0.4) is 0 Å². The summed E-state index contributed by atoms with van der Waals surface area (Å²) in [6.45, 7) is 2.17. The van der Waals surface area contributed by atoms with Crippen molar-refractivity contribution in [3.05, 3.63) is 18.0 Å². The summed E-state index contributed by atoms with van der Waals surface area (Å²) < 4.78 is 1.81. The molecule has 7 nitrogen and oxygen atoms in total. The summed E-state index contributed by atoms with van der Waals surface area (Å²) in [5, 5.41) is 5.91. The molecule has 0 radical (unpaired) electrons. The van der Waals surface area contributed by atoms with Gasteiger partial charge in [-0.3, -0.25) is 19.1 Å². The SMILES string of the molecule is O=C(C1CN(C(=O)C23CC4CC(CC(C4)C2)C3)Cc2ccnn21)N1CCCCO1. The Kier molecular flexibility index (Phi) is 4.05. The van der Waals surface area contributed by atoms with Gasteiger partial charge in [0.1, 0.15) is 0 Å². The van der Waals surface area contributed by atoms with Gasteiger partial charge in [0.2, 0.25) is 5.91 Å². The van der Waals surface area contributed by atoms with Crippen molar-refractivity contribution < 1.29 is 14.4 Å². The van der Waals surface area contributed by atoms with Crippen LogP contribution in [-0.2, 0) is 21.0 Å². The highest BCUT2D eigenvalue weighted by Gasteiger charge is 2.56. The number of fused-ring (bicyclic) bond motifs is 1. The Bertz CT molecular complexity index is 792. The van der Waals surface area contributed by atoms with E-state index in [4.69, 9.17) is 4.84 Å². The second-order valence-corrected chi connectivity index (χ2v) is 10.1. The minimum absolute atomic E-state index is 0.0716. The van der Waals surface area contributed by atoms with E-state index in [1.54, 1.807) is 6.20 Å². The van der Waals surface area contributed by atoms with Crippen LogP contribution >= 0.6 is 0 Å². The molecular formula is C22H30N4O3. The van der Waals surface area contributed by atoms with E-state index in [9.17, 15) is 9.59 Å². The summed E-state index contributed by atoms with van der Waals surface area (Å²) in [7, 11) is 0. The van der Waals surface area contributed by atoms with Crippen LogP contribution in [0, 0.1) is 23.2 Å². The lowest BCUT2D eigenvalue weighted by Crippen LogP contribution is -2.57. The van der Waals surface area contributed by atoms with Crippen molar-refractivity contribution in [3.63, 3.8) is 0 Å². The van der Waals surface area contributed by atoms with Gasteiger partial charge in [0.05, 0.1) is 30.8 Å². The molecule has 2 amide bonds. The Balaban J connectivity index is 1.27. The third-order valence-corrected chi connectivity index (χ3v) is 8.11. The van der Waals surface area contributed by atoms with Gasteiger partial charge in [0, 0.05) is 12.7 Å². The van der Waals surface area contributed by atoms with Crippen molar-refractivity contribution in [2.45, 2.75) is 64.0 Å². The predicted molar refractivity (Wildman–Crippen MR) is 104 cm³/mol. The lowest BCUT2D eigenvalue weighted by atomic mass is 9.49. The number of hydroxylamine groups is 2. The summed E-state index contributed by atoms with van der Waals surface area (Å²) in [5.74, 6) is 2.43. The van der Waals surface area contributed by atoms with E-state index < -0.39 is 6.04 Å². The fraction of sp³-hybridized carbons (Fsp3) is 0.773. The Morgan fingerprint density at radius 1 is 1.07 bits per heavy atom. The molecule has 29 heavy (non-hydrogen) atoms. The predicted octanol–water partition coefficient (Wildman–Crippen LogP) is 2.54. The van der Waals surface area contributed by atoms with Crippen LogP contribution in [0.1, 0.15) is 63.1 Å². The highest BCUT2D eigenvalue weighted by molar-refractivity contribution is 5.85. The molecule has 4 saturated carbocycles. The minimum Gasteiger partial charge on any atom is -0.334 e. The van der Waals surface area contributed by atoms with E-state index in [-0.39, 0.29) is 11.3 Å². The molecule has 6 aliphatic rings. The lowest BCUT2D eigenvalue weighted by Gasteiger charge is -2.57. The van der Waals surface area contributed by atoms with Crippen LogP contribution in [0.2, 0.25) is 0 Å². The molecule has 7 heteroatoms. The third-order valence-electron chi connectivity index (χ3n) is 8.11. The summed E-state index contributed by atoms with van der Waals surface area (Å²) >= 11 is 0. The number of carbonyl (C=O) groups is 2. The van der Waals surface area contributed by atoms with E-state index in [2.05, 4.69) is 5.10 Å². The first-order chi connectivity index (χ1) is 14.1. The molecule has 4 aliphatic carbocycles. The Hall–Kier alpha value is -1.89. The average molecular weight is 399 g/mol. The van der Waals surface area contributed by atoms with Gasteiger partial charge >= 0.3 is 0 Å². The van der Waals surface area contributed by atoms with Crippen molar-refractivity contribution in [1.82, 2.24) is 19.7 Å². The normalized spacial score (nSPS) is 38.2. The van der Waals surface area contributed by atoms with Gasteiger partial charge in [-0.25, -0.2) is 5.06 Å². The lowest BCUT2D eigenvalue weighted by molar-refractivity contribution is -0.202. The van der Waals surface area contributed by atoms with Gasteiger partial charge in [0.25, 0.3) is 5.91 Å². The molecule has 0 aromatic carbocycles. The fourth-order valence-electron chi connectivity index (χ4n) is 7.28. The van der Waals surface area contributed by atoms with Gasteiger partial charge in [-0.15, -0.1) is 0 Å². The van der Waals surface area contributed by atoms with Crippen LogP contribution in [0.5, 0.6) is 0 Å². The van der Waals surface area contributed by atoms with Crippen LogP contribution in [0.4, 0.5) is 0 Å². The molecule has 1 saturated heterocycles. The molecule has 1 aromatic heterocycles. The van der Waals surface area contributed by atoms with Crippen molar-refractivity contribution in [1.29, 1.82) is 0 Å². The number of rotatable bonds is 2. The van der Waals surface area contributed by atoms with Crippen molar-refractivity contribution in [2.75, 3.05) is 19.7 Å². The van der Waals surface area contributed by atoms with E-state index in [0.717, 1.165) is 55.6 Å². The van der Waals surface area contributed by atoms with Gasteiger partial charge in [-0.2, -0.15) is 5.10 Å². The van der Waals surface area contributed by atoms with Crippen molar-refractivity contribution >= 4 is 11.8 Å². The monoisotopic (exact) mass is 398 g/mol. The van der Waals surface area contributed by atoms with Gasteiger partial charge in [0.15, 0.2) is 6.04 Å². The zero-order chi connectivity index (χ0) is 19.6. The van der Waals surface area contributed by atoms with Gasteiger partial charge in [-0.1, -0.05) is 0 Å². The average Bonchev–Trinajstić information content (AvgIpc) is 3.20. The molecule has 7 rings (SSSR count). The maximum Gasteiger partial charge on any atom is 0.272 e. The van der Waals surface area contributed by atoms with Crippen LogP contribution in [0.15, 0.2) is 12.3 Å². The Morgan fingerprint density at radius 2 is 1.79 bits per heavy atom. The molecule has 1 unspecified atom stereocenters. The molecule has 0 spiro atoms. The van der Waals surface area contributed by atoms with Crippen molar-refractivity contribution in [2.24, 2.45) is 23.2 Å². The zero-order valence-electron chi connectivity index (χ0n) is 17.0. The molecule has 156 valence electrons. The molecule has 5 fully saturated rings. The summed E-state index contributed by atoms with van der Waals surface area (Å²) in [4.78, 5) is 34.7. The largest absolute Gasteiger partial charge is 0.334 e. The Labute approximate surface area is 171 Å². The topological polar surface area (TPSA) is 67.7 Å². The summed E-state index contributed by atoms with van der Waals surface area (Å²) in [6, 6.07) is 1.46. The molecule has 1 atom stereocenters. The van der Waals surface area contributed by atoms with Crippen LogP contribution in [-0.4, -0.2) is 51.3 Å².